The number of ether oxygens (including phenoxy) is 1. The number of benzene rings is 2. The van der Waals surface area contributed by atoms with Gasteiger partial charge in [0.1, 0.15) is 11.6 Å². The Labute approximate surface area is 146 Å². The van der Waals surface area contributed by atoms with E-state index in [1.54, 1.807) is 6.07 Å². The maximum absolute atomic E-state index is 13.4. The van der Waals surface area contributed by atoms with Crippen molar-refractivity contribution < 1.29 is 13.9 Å². The van der Waals surface area contributed by atoms with E-state index in [0.29, 0.717) is 12.4 Å². The molecule has 0 saturated heterocycles. The third-order valence-corrected chi connectivity index (χ3v) is 4.94. The second kappa shape index (κ2) is 6.75. The van der Waals surface area contributed by atoms with Gasteiger partial charge in [0, 0.05) is 17.7 Å². The summed E-state index contributed by atoms with van der Waals surface area (Å²) in [7, 11) is 0. The van der Waals surface area contributed by atoms with Crippen LogP contribution in [-0.2, 0) is 12.8 Å². The largest absolute Gasteiger partial charge is 0.493 e. The Morgan fingerprint density at radius 1 is 1.08 bits per heavy atom. The molecule has 4 nitrogen and oxygen atoms in total. The van der Waals surface area contributed by atoms with Crippen LogP contribution in [0.1, 0.15) is 35.6 Å². The molecule has 4 rings (SSSR count). The van der Waals surface area contributed by atoms with E-state index in [9.17, 15) is 9.18 Å². The van der Waals surface area contributed by atoms with Crippen molar-refractivity contribution in [3.8, 4) is 5.75 Å². The molecule has 1 atom stereocenters. The zero-order chi connectivity index (χ0) is 17.2. The van der Waals surface area contributed by atoms with Crippen molar-refractivity contribution in [1.29, 1.82) is 0 Å². The molecule has 0 fully saturated rings. The van der Waals surface area contributed by atoms with Gasteiger partial charge in [-0.15, -0.1) is 0 Å². The Bertz CT molecular complexity index is 768. The Balaban J connectivity index is 1.42. The zero-order valence-electron chi connectivity index (χ0n) is 13.9. The molecular formula is C20H21FN2O2. The summed E-state index contributed by atoms with van der Waals surface area (Å²) in [6.45, 7) is 0.536. The average Bonchev–Trinajstić information content (AvgIpc) is 2.89. The number of carbonyl (C=O) groups is 1. The number of hydrogen-bond acceptors (Lipinski definition) is 2. The van der Waals surface area contributed by atoms with Gasteiger partial charge in [-0.05, 0) is 42.9 Å². The van der Waals surface area contributed by atoms with Crippen molar-refractivity contribution in [2.45, 2.75) is 37.8 Å². The highest BCUT2D eigenvalue weighted by Gasteiger charge is 2.25. The van der Waals surface area contributed by atoms with Crippen molar-refractivity contribution in [3.63, 3.8) is 0 Å². The summed E-state index contributed by atoms with van der Waals surface area (Å²) < 4.78 is 19.0. The highest BCUT2D eigenvalue weighted by atomic mass is 19.1. The van der Waals surface area contributed by atoms with Crippen LogP contribution in [0.5, 0.6) is 5.75 Å². The summed E-state index contributed by atoms with van der Waals surface area (Å²) >= 11 is 0. The lowest BCUT2D eigenvalue weighted by molar-refractivity contribution is 0.232. The molecule has 1 aliphatic carbocycles. The fourth-order valence-corrected chi connectivity index (χ4v) is 3.74. The zero-order valence-corrected chi connectivity index (χ0v) is 13.9. The van der Waals surface area contributed by atoms with E-state index in [1.807, 2.05) is 12.1 Å². The van der Waals surface area contributed by atoms with Crippen molar-refractivity contribution in [2.75, 3.05) is 6.61 Å². The molecule has 2 aromatic carbocycles. The maximum Gasteiger partial charge on any atom is 0.315 e. The molecule has 1 heterocycles. The smallest absolute Gasteiger partial charge is 0.315 e. The van der Waals surface area contributed by atoms with Crippen LogP contribution in [0.4, 0.5) is 9.18 Å². The highest BCUT2D eigenvalue weighted by Crippen LogP contribution is 2.32. The number of urea groups is 1. The van der Waals surface area contributed by atoms with E-state index in [4.69, 9.17) is 4.74 Å². The molecule has 0 radical (unpaired) electrons. The van der Waals surface area contributed by atoms with Crippen LogP contribution < -0.4 is 15.4 Å². The van der Waals surface area contributed by atoms with Gasteiger partial charge in [-0.3, -0.25) is 0 Å². The molecule has 0 bridgehead atoms. The minimum absolute atomic E-state index is 0.118. The molecule has 2 aromatic rings. The fourth-order valence-electron chi connectivity index (χ4n) is 3.74. The van der Waals surface area contributed by atoms with Gasteiger partial charge in [-0.2, -0.15) is 0 Å². The lowest BCUT2D eigenvalue weighted by Gasteiger charge is -2.20. The van der Waals surface area contributed by atoms with Crippen LogP contribution in [0.3, 0.4) is 0 Å². The summed E-state index contributed by atoms with van der Waals surface area (Å²) in [6, 6.07) is 12.6. The third kappa shape index (κ3) is 3.45. The first-order valence-corrected chi connectivity index (χ1v) is 8.75. The number of amides is 2. The summed E-state index contributed by atoms with van der Waals surface area (Å²) in [6.07, 6.45) is 3.31. The lowest BCUT2D eigenvalue weighted by Crippen LogP contribution is -2.43. The Morgan fingerprint density at radius 3 is 2.60 bits per heavy atom. The standard InChI is InChI=1S/C20H21FN2O2/c21-15-7-8-17-18(6-3-9-25-19(17)12-15)23-20(24)22-16-10-13-4-1-2-5-14(13)11-16/h1-2,4-5,7-8,12,16,18H,3,6,9-11H2,(H2,22,23,24). The topological polar surface area (TPSA) is 50.4 Å². The van der Waals surface area contributed by atoms with Gasteiger partial charge < -0.3 is 15.4 Å². The fraction of sp³-hybridized carbons (Fsp3) is 0.350. The molecule has 1 aliphatic heterocycles. The Kier molecular flexibility index (Phi) is 4.30. The van der Waals surface area contributed by atoms with Crippen molar-refractivity contribution in [3.05, 3.63) is 65.0 Å². The second-order valence-electron chi connectivity index (χ2n) is 6.72. The van der Waals surface area contributed by atoms with E-state index in [2.05, 4.69) is 22.8 Å². The van der Waals surface area contributed by atoms with E-state index in [-0.39, 0.29) is 23.9 Å². The second-order valence-corrected chi connectivity index (χ2v) is 6.72. The summed E-state index contributed by atoms with van der Waals surface area (Å²) in [5.74, 6) is 0.198. The molecule has 0 aromatic heterocycles. The van der Waals surface area contributed by atoms with Gasteiger partial charge in [0.15, 0.2) is 0 Å². The molecular weight excluding hydrogens is 319 g/mol. The molecule has 2 amide bonds. The molecule has 0 saturated carbocycles. The number of carbonyl (C=O) groups excluding carboxylic acids is 1. The van der Waals surface area contributed by atoms with Gasteiger partial charge in [0.05, 0.1) is 12.6 Å². The Morgan fingerprint density at radius 2 is 1.84 bits per heavy atom. The van der Waals surface area contributed by atoms with Gasteiger partial charge in [0.25, 0.3) is 0 Å². The minimum atomic E-state index is -0.326. The first-order chi connectivity index (χ1) is 12.2. The van der Waals surface area contributed by atoms with Gasteiger partial charge in [-0.1, -0.05) is 30.3 Å². The van der Waals surface area contributed by atoms with Gasteiger partial charge in [0.2, 0.25) is 0 Å². The molecule has 5 heteroatoms. The van der Waals surface area contributed by atoms with Crippen molar-refractivity contribution in [2.24, 2.45) is 0 Å². The molecule has 0 spiro atoms. The average molecular weight is 340 g/mol. The van der Waals surface area contributed by atoms with Crippen LogP contribution in [0.25, 0.3) is 0 Å². The number of hydrogen-bond donors (Lipinski definition) is 2. The molecule has 2 N–H and O–H groups in total. The van der Waals surface area contributed by atoms with E-state index >= 15 is 0 Å². The normalized spacial score (nSPS) is 19.3. The first kappa shape index (κ1) is 15.9. The van der Waals surface area contributed by atoms with Crippen LogP contribution in [0.2, 0.25) is 0 Å². The maximum atomic E-state index is 13.4. The number of halogens is 1. The predicted octanol–water partition coefficient (Wildman–Crippen LogP) is 3.51. The predicted molar refractivity (Wildman–Crippen MR) is 93.2 cm³/mol. The van der Waals surface area contributed by atoms with Crippen molar-refractivity contribution >= 4 is 6.03 Å². The van der Waals surface area contributed by atoms with Gasteiger partial charge >= 0.3 is 6.03 Å². The summed E-state index contributed by atoms with van der Waals surface area (Å²) in [5.41, 5.74) is 3.44. The van der Waals surface area contributed by atoms with Crippen LogP contribution >= 0.6 is 0 Å². The van der Waals surface area contributed by atoms with Gasteiger partial charge in [-0.25, -0.2) is 9.18 Å². The van der Waals surface area contributed by atoms with Crippen LogP contribution in [0, 0.1) is 5.82 Å². The van der Waals surface area contributed by atoms with Crippen LogP contribution in [0.15, 0.2) is 42.5 Å². The number of nitrogens with one attached hydrogen (secondary N) is 2. The third-order valence-electron chi connectivity index (χ3n) is 4.94. The van der Waals surface area contributed by atoms with E-state index in [1.165, 1.54) is 23.3 Å². The van der Waals surface area contributed by atoms with E-state index in [0.717, 1.165) is 31.2 Å². The minimum Gasteiger partial charge on any atom is -0.493 e. The first-order valence-electron chi connectivity index (χ1n) is 8.75. The van der Waals surface area contributed by atoms with E-state index < -0.39 is 0 Å². The Hall–Kier alpha value is -2.56. The number of fused-ring (bicyclic) bond motifs is 2. The summed E-state index contributed by atoms with van der Waals surface area (Å²) in [5, 5.41) is 6.11. The molecule has 25 heavy (non-hydrogen) atoms. The monoisotopic (exact) mass is 340 g/mol. The van der Waals surface area contributed by atoms with Crippen LogP contribution in [-0.4, -0.2) is 18.7 Å². The lowest BCUT2D eigenvalue weighted by atomic mass is 10.0. The molecule has 130 valence electrons. The molecule has 2 aliphatic rings. The SMILES string of the molecule is O=C(NC1Cc2ccccc2C1)NC1CCCOc2cc(F)ccc21. The molecule has 1 unspecified atom stereocenters. The number of rotatable bonds is 2. The van der Waals surface area contributed by atoms with Crippen molar-refractivity contribution in [1.82, 2.24) is 10.6 Å². The quantitative estimate of drug-likeness (QED) is 0.879. The summed E-state index contributed by atoms with van der Waals surface area (Å²) in [4.78, 5) is 12.5. The highest BCUT2D eigenvalue weighted by molar-refractivity contribution is 5.75.